The Morgan fingerprint density at radius 3 is 2.75 bits per heavy atom. The zero-order valence-electron chi connectivity index (χ0n) is 13.3. The minimum Gasteiger partial charge on any atom is -0.497 e. The van der Waals surface area contributed by atoms with Gasteiger partial charge in [0.25, 0.3) is 5.91 Å². The van der Waals surface area contributed by atoms with Gasteiger partial charge in [-0.2, -0.15) is 0 Å². The van der Waals surface area contributed by atoms with Crippen LogP contribution in [0.15, 0.2) is 42.9 Å². The van der Waals surface area contributed by atoms with Crippen LogP contribution in [-0.4, -0.2) is 46.9 Å². The van der Waals surface area contributed by atoms with Crippen molar-refractivity contribution in [1.82, 2.24) is 14.9 Å². The van der Waals surface area contributed by atoms with E-state index in [1.807, 2.05) is 24.3 Å². The van der Waals surface area contributed by atoms with E-state index in [-0.39, 0.29) is 24.7 Å². The van der Waals surface area contributed by atoms with Crippen molar-refractivity contribution in [1.29, 1.82) is 0 Å². The summed E-state index contributed by atoms with van der Waals surface area (Å²) < 4.78 is 5.20. The Morgan fingerprint density at radius 2 is 2.12 bits per heavy atom. The van der Waals surface area contributed by atoms with Crippen LogP contribution in [0.2, 0.25) is 0 Å². The number of aromatic nitrogens is 2. The van der Waals surface area contributed by atoms with E-state index in [0.29, 0.717) is 6.42 Å². The van der Waals surface area contributed by atoms with E-state index in [0.717, 1.165) is 11.3 Å². The normalized spacial score (nSPS) is 15.5. The molecule has 1 fully saturated rings. The number of carbonyl (C=O) groups excluding carboxylic acids is 2. The summed E-state index contributed by atoms with van der Waals surface area (Å²) in [6, 6.07) is 7.49. The molecule has 1 saturated heterocycles. The lowest BCUT2D eigenvalue weighted by atomic mass is 9.74. The van der Waals surface area contributed by atoms with Crippen molar-refractivity contribution in [3.05, 3.63) is 54.1 Å². The number of primary amides is 1. The Balaban J connectivity index is 1.73. The van der Waals surface area contributed by atoms with Gasteiger partial charge in [-0.15, -0.1) is 0 Å². The highest BCUT2D eigenvalue weighted by Gasteiger charge is 2.50. The highest BCUT2D eigenvalue weighted by molar-refractivity contribution is 5.95. The van der Waals surface area contributed by atoms with Gasteiger partial charge in [0.05, 0.1) is 18.7 Å². The number of carbonyl (C=O) groups is 2. The Kier molecular flexibility index (Phi) is 4.16. The smallest absolute Gasteiger partial charge is 0.274 e. The molecule has 7 heteroatoms. The van der Waals surface area contributed by atoms with Crippen molar-refractivity contribution < 1.29 is 14.3 Å². The number of methoxy groups -OCH3 is 1. The van der Waals surface area contributed by atoms with Crippen molar-refractivity contribution in [3.63, 3.8) is 0 Å². The van der Waals surface area contributed by atoms with Crippen LogP contribution in [0.25, 0.3) is 0 Å². The van der Waals surface area contributed by atoms with E-state index < -0.39 is 11.3 Å². The molecule has 2 heterocycles. The van der Waals surface area contributed by atoms with Gasteiger partial charge in [0, 0.05) is 25.5 Å². The number of likely N-dealkylation sites (tertiary alicyclic amines) is 1. The second kappa shape index (κ2) is 6.27. The van der Waals surface area contributed by atoms with Crippen molar-refractivity contribution in [3.8, 4) is 5.75 Å². The molecule has 3 rings (SSSR count). The molecule has 7 nitrogen and oxygen atoms in total. The minimum absolute atomic E-state index is 0.245. The first-order valence-electron chi connectivity index (χ1n) is 7.52. The lowest BCUT2D eigenvalue weighted by Crippen LogP contribution is -2.65. The van der Waals surface area contributed by atoms with E-state index in [1.54, 1.807) is 12.0 Å². The molecule has 1 aliphatic heterocycles. The number of rotatable bonds is 5. The third-order valence-electron chi connectivity index (χ3n) is 4.26. The van der Waals surface area contributed by atoms with Crippen LogP contribution in [0.1, 0.15) is 16.1 Å². The fourth-order valence-electron chi connectivity index (χ4n) is 2.93. The zero-order valence-corrected chi connectivity index (χ0v) is 13.3. The number of benzene rings is 1. The van der Waals surface area contributed by atoms with Gasteiger partial charge in [-0.3, -0.25) is 14.6 Å². The fraction of sp³-hybridized carbons (Fsp3) is 0.294. The van der Waals surface area contributed by atoms with Gasteiger partial charge in [-0.05, 0) is 24.1 Å². The lowest BCUT2D eigenvalue weighted by molar-refractivity contribution is -0.135. The first-order chi connectivity index (χ1) is 11.5. The molecule has 0 unspecified atom stereocenters. The SMILES string of the molecule is COc1cccc(CC2(C(N)=O)CN(C(=O)c3cnccn3)C2)c1. The summed E-state index contributed by atoms with van der Waals surface area (Å²) >= 11 is 0. The van der Waals surface area contributed by atoms with Gasteiger partial charge in [-0.1, -0.05) is 12.1 Å². The molecule has 24 heavy (non-hydrogen) atoms. The zero-order chi connectivity index (χ0) is 17.2. The molecule has 0 saturated carbocycles. The average molecular weight is 326 g/mol. The van der Waals surface area contributed by atoms with Crippen LogP contribution < -0.4 is 10.5 Å². The number of nitrogens with two attached hydrogens (primary N) is 1. The van der Waals surface area contributed by atoms with Gasteiger partial charge < -0.3 is 15.4 Å². The molecule has 124 valence electrons. The van der Waals surface area contributed by atoms with Crippen LogP contribution >= 0.6 is 0 Å². The summed E-state index contributed by atoms with van der Waals surface area (Å²) in [7, 11) is 1.59. The summed E-state index contributed by atoms with van der Waals surface area (Å²) in [5.41, 5.74) is 6.06. The van der Waals surface area contributed by atoms with Gasteiger partial charge in [0.15, 0.2) is 0 Å². The average Bonchev–Trinajstić information content (AvgIpc) is 2.58. The van der Waals surface area contributed by atoms with Gasteiger partial charge in [0.1, 0.15) is 11.4 Å². The Hall–Kier alpha value is -2.96. The van der Waals surface area contributed by atoms with Crippen molar-refractivity contribution >= 4 is 11.8 Å². The summed E-state index contributed by atoms with van der Waals surface area (Å²) in [5.74, 6) is 0.0677. The summed E-state index contributed by atoms with van der Waals surface area (Å²) in [4.78, 5) is 33.8. The van der Waals surface area contributed by atoms with Gasteiger partial charge in [0.2, 0.25) is 5.91 Å². The summed E-state index contributed by atoms with van der Waals surface area (Å²) in [6.45, 7) is 0.546. The number of ether oxygens (including phenoxy) is 1. The van der Waals surface area contributed by atoms with E-state index in [4.69, 9.17) is 10.5 Å². The van der Waals surface area contributed by atoms with Crippen molar-refractivity contribution in [2.45, 2.75) is 6.42 Å². The maximum Gasteiger partial charge on any atom is 0.274 e. The van der Waals surface area contributed by atoms with E-state index in [9.17, 15) is 9.59 Å². The minimum atomic E-state index is -0.760. The number of hydrogen-bond acceptors (Lipinski definition) is 5. The van der Waals surface area contributed by atoms with Gasteiger partial charge >= 0.3 is 0 Å². The lowest BCUT2D eigenvalue weighted by Gasteiger charge is -2.48. The van der Waals surface area contributed by atoms with Crippen molar-refractivity contribution in [2.75, 3.05) is 20.2 Å². The first kappa shape index (κ1) is 15.9. The highest BCUT2D eigenvalue weighted by Crippen LogP contribution is 2.35. The second-order valence-corrected chi connectivity index (χ2v) is 5.92. The Morgan fingerprint density at radius 1 is 1.33 bits per heavy atom. The maximum absolute atomic E-state index is 12.3. The monoisotopic (exact) mass is 326 g/mol. The number of amides is 2. The topological polar surface area (TPSA) is 98.4 Å². The van der Waals surface area contributed by atoms with Crippen LogP contribution in [0.3, 0.4) is 0 Å². The molecule has 0 radical (unpaired) electrons. The Bertz CT molecular complexity index is 757. The molecular formula is C17H18N4O3. The molecule has 2 amide bonds. The molecular weight excluding hydrogens is 308 g/mol. The molecule has 0 atom stereocenters. The summed E-state index contributed by atoms with van der Waals surface area (Å²) in [5, 5.41) is 0. The molecule has 0 bridgehead atoms. The second-order valence-electron chi connectivity index (χ2n) is 5.92. The predicted molar refractivity (Wildman–Crippen MR) is 86.3 cm³/mol. The van der Waals surface area contributed by atoms with Gasteiger partial charge in [-0.25, -0.2) is 4.98 Å². The van der Waals surface area contributed by atoms with Crippen LogP contribution in [-0.2, 0) is 11.2 Å². The number of nitrogens with zero attached hydrogens (tertiary/aromatic N) is 3. The van der Waals surface area contributed by atoms with Crippen LogP contribution in [0.4, 0.5) is 0 Å². The van der Waals surface area contributed by atoms with E-state index in [2.05, 4.69) is 9.97 Å². The first-order valence-corrected chi connectivity index (χ1v) is 7.52. The quantitative estimate of drug-likeness (QED) is 0.870. The molecule has 2 aromatic rings. The molecule has 1 aliphatic rings. The third kappa shape index (κ3) is 2.92. The van der Waals surface area contributed by atoms with E-state index >= 15 is 0 Å². The predicted octanol–water partition coefficient (Wildman–Crippen LogP) is 0.655. The standard InChI is InChI=1S/C17H18N4O3/c1-24-13-4-2-3-12(7-13)8-17(16(18)23)10-21(11-17)15(22)14-9-19-5-6-20-14/h2-7,9H,8,10-11H2,1H3,(H2,18,23). The fourth-order valence-corrected chi connectivity index (χ4v) is 2.93. The molecule has 0 spiro atoms. The van der Waals surface area contributed by atoms with Crippen LogP contribution in [0.5, 0.6) is 5.75 Å². The van der Waals surface area contributed by atoms with E-state index in [1.165, 1.54) is 18.6 Å². The van der Waals surface area contributed by atoms with Crippen LogP contribution in [0, 0.1) is 5.41 Å². The largest absolute Gasteiger partial charge is 0.497 e. The molecule has 2 N–H and O–H groups in total. The third-order valence-corrected chi connectivity index (χ3v) is 4.26. The summed E-state index contributed by atoms with van der Waals surface area (Å²) in [6.07, 6.45) is 4.84. The Labute approximate surface area is 139 Å². The molecule has 0 aliphatic carbocycles. The van der Waals surface area contributed by atoms with Crippen molar-refractivity contribution in [2.24, 2.45) is 11.1 Å². The molecule has 1 aromatic carbocycles. The maximum atomic E-state index is 12.3. The highest BCUT2D eigenvalue weighted by atomic mass is 16.5. The number of hydrogen-bond donors (Lipinski definition) is 1. The molecule has 1 aromatic heterocycles.